The molecule has 0 fully saturated rings. The van der Waals surface area contributed by atoms with Crippen molar-refractivity contribution in [3.63, 3.8) is 0 Å². The van der Waals surface area contributed by atoms with Crippen LogP contribution in [0.1, 0.15) is 31.0 Å². The normalized spacial score (nSPS) is 12.8. The molecule has 0 saturated heterocycles. The van der Waals surface area contributed by atoms with E-state index in [1.165, 1.54) is 0 Å². The van der Waals surface area contributed by atoms with E-state index in [0.29, 0.717) is 5.02 Å². The third kappa shape index (κ3) is 3.22. The lowest BCUT2D eigenvalue weighted by atomic mass is 10.0. The van der Waals surface area contributed by atoms with Crippen LogP contribution in [0.15, 0.2) is 18.2 Å². The highest BCUT2D eigenvalue weighted by Crippen LogP contribution is 2.21. The SMILES string of the molecule is Cc1ccc(C(NC(C)C)C(N)=O)cc1Cl. The summed E-state index contributed by atoms with van der Waals surface area (Å²) in [5.74, 6) is -0.395. The number of carbonyl (C=O) groups is 1. The molecule has 1 amide bonds. The summed E-state index contributed by atoms with van der Waals surface area (Å²) in [4.78, 5) is 11.3. The van der Waals surface area contributed by atoms with Gasteiger partial charge in [0.1, 0.15) is 6.04 Å². The summed E-state index contributed by atoms with van der Waals surface area (Å²) < 4.78 is 0. The van der Waals surface area contributed by atoms with Gasteiger partial charge in [0.25, 0.3) is 0 Å². The second-order valence-electron chi connectivity index (χ2n) is 4.17. The minimum absolute atomic E-state index is 0.178. The molecule has 1 rings (SSSR count). The summed E-state index contributed by atoms with van der Waals surface area (Å²) in [5.41, 5.74) is 7.15. The average molecular weight is 241 g/mol. The molecule has 0 aliphatic carbocycles. The molecule has 1 aromatic rings. The zero-order valence-corrected chi connectivity index (χ0v) is 10.5. The Morgan fingerprint density at radius 3 is 2.50 bits per heavy atom. The maximum absolute atomic E-state index is 11.3. The van der Waals surface area contributed by atoms with Crippen molar-refractivity contribution in [2.24, 2.45) is 5.73 Å². The lowest BCUT2D eigenvalue weighted by molar-refractivity contribution is -0.120. The Balaban J connectivity index is 3.01. The number of nitrogens with one attached hydrogen (secondary N) is 1. The Morgan fingerprint density at radius 2 is 2.06 bits per heavy atom. The number of primary amides is 1. The molecular weight excluding hydrogens is 224 g/mol. The van der Waals surface area contributed by atoms with Crippen molar-refractivity contribution in [2.75, 3.05) is 0 Å². The molecule has 0 spiro atoms. The predicted octanol–water partition coefficient (Wildman–Crippen LogP) is 2.17. The molecular formula is C12H17ClN2O. The Hall–Kier alpha value is -1.06. The Kier molecular flexibility index (Phi) is 4.33. The van der Waals surface area contributed by atoms with Crippen molar-refractivity contribution in [1.82, 2.24) is 5.32 Å². The van der Waals surface area contributed by atoms with Crippen molar-refractivity contribution in [3.05, 3.63) is 34.3 Å². The second kappa shape index (κ2) is 5.32. The van der Waals surface area contributed by atoms with Crippen LogP contribution in [0.25, 0.3) is 0 Å². The van der Waals surface area contributed by atoms with Crippen molar-refractivity contribution < 1.29 is 4.79 Å². The highest BCUT2D eigenvalue weighted by atomic mass is 35.5. The first-order valence-corrected chi connectivity index (χ1v) is 5.61. The van der Waals surface area contributed by atoms with Crippen LogP contribution < -0.4 is 11.1 Å². The number of carbonyl (C=O) groups excluding carboxylic acids is 1. The maximum atomic E-state index is 11.3. The molecule has 0 heterocycles. The molecule has 3 N–H and O–H groups in total. The minimum Gasteiger partial charge on any atom is -0.368 e. The van der Waals surface area contributed by atoms with E-state index in [9.17, 15) is 4.79 Å². The van der Waals surface area contributed by atoms with Crippen LogP contribution in [0.2, 0.25) is 5.02 Å². The van der Waals surface area contributed by atoms with E-state index in [4.69, 9.17) is 17.3 Å². The summed E-state index contributed by atoms with van der Waals surface area (Å²) >= 11 is 6.02. The van der Waals surface area contributed by atoms with Crippen LogP contribution in [0.5, 0.6) is 0 Å². The van der Waals surface area contributed by atoms with Gasteiger partial charge in [-0.1, -0.05) is 23.7 Å². The van der Waals surface area contributed by atoms with Crippen molar-refractivity contribution in [1.29, 1.82) is 0 Å². The predicted molar refractivity (Wildman–Crippen MR) is 66.4 cm³/mol. The van der Waals surface area contributed by atoms with Gasteiger partial charge in [-0.2, -0.15) is 0 Å². The minimum atomic E-state index is -0.488. The Morgan fingerprint density at radius 1 is 1.44 bits per heavy atom. The van der Waals surface area contributed by atoms with Gasteiger partial charge in [-0.05, 0) is 38.0 Å². The van der Waals surface area contributed by atoms with Crippen molar-refractivity contribution in [2.45, 2.75) is 32.9 Å². The molecule has 0 radical (unpaired) electrons. The van der Waals surface area contributed by atoms with Gasteiger partial charge >= 0.3 is 0 Å². The number of benzene rings is 1. The number of halogens is 1. The van der Waals surface area contributed by atoms with E-state index < -0.39 is 11.9 Å². The number of hydrogen-bond donors (Lipinski definition) is 2. The fraction of sp³-hybridized carbons (Fsp3) is 0.417. The van der Waals surface area contributed by atoms with Crippen LogP contribution in [-0.4, -0.2) is 11.9 Å². The fourth-order valence-corrected chi connectivity index (χ4v) is 1.65. The van der Waals surface area contributed by atoms with E-state index in [-0.39, 0.29) is 6.04 Å². The van der Waals surface area contributed by atoms with E-state index in [1.54, 1.807) is 6.07 Å². The number of nitrogens with two attached hydrogens (primary N) is 1. The molecule has 1 atom stereocenters. The summed E-state index contributed by atoms with van der Waals surface area (Å²) in [6.07, 6.45) is 0. The number of hydrogen-bond acceptors (Lipinski definition) is 2. The van der Waals surface area contributed by atoms with Crippen molar-refractivity contribution in [3.8, 4) is 0 Å². The molecule has 0 saturated carbocycles. The zero-order valence-electron chi connectivity index (χ0n) is 9.75. The van der Waals surface area contributed by atoms with Crippen LogP contribution in [-0.2, 0) is 4.79 Å². The van der Waals surface area contributed by atoms with Gasteiger partial charge in [0, 0.05) is 11.1 Å². The molecule has 16 heavy (non-hydrogen) atoms. The fourth-order valence-electron chi connectivity index (χ4n) is 1.46. The van der Waals surface area contributed by atoms with Gasteiger partial charge in [0.05, 0.1) is 0 Å². The van der Waals surface area contributed by atoms with Crippen LogP contribution >= 0.6 is 11.6 Å². The molecule has 4 heteroatoms. The van der Waals surface area contributed by atoms with E-state index in [2.05, 4.69) is 5.32 Å². The molecule has 0 bridgehead atoms. The maximum Gasteiger partial charge on any atom is 0.239 e. The summed E-state index contributed by atoms with van der Waals surface area (Å²) in [5, 5.41) is 3.76. The smallest absolute Gasteiger partial charge is 0.239 e. The summed E-state index contributed by atoms with van der Waals surface area (Å²) in [6, 6.07) is 5.22. The third-order valence-corrected chi connectivity index (χ3v) is 2.72. The number of rotatable bonds is 4. The Labute approximate surface area is 101 Å². The summed E-state index contributed by atoms with van der Waals surface area (Å²) in [6.45, 7) is 5.85. The molecule has 0 aromatic heterocycles. The lowest BCUT2D eigenvalue weighted by Crippen LogP contribution is -2.37. The first-order chi connectivity index (χ1) is 7.41. The first-order valence-electron chi connectivity index (χ1n) is 5.23. The topological polar surface area (TPSA) is 55.1 Å². The average Bonchev–Trinajstić information content (AvgIpc) is 2.18. The molecule has 1 aromatic carbocycles. The lowest BCUT2D eigenvalue weighted by Gasteiger charge is -2.19. The third-order valence-electron chi connectivity index (χ3n) is 2.31. The molecule has 0 aliphatic rings. The number of aryl methyl sites for hydroxylation is 1. The second-order valence-corrected chi connectivity index (χ2v) is 4.57. The number of amides is 1. The highest BCUT2D eigenvalue weighted by Gasteiger charge is 2.18. The van der Waals surface area contributed by atoms with E-state index in [0.717, 1.165) is 11.1 Å². The van der Waals surface area contributed by atoms with Gasteiger partial charge in [-0.25, -0.2) is 0 Å². The zero-order chi connectivity index (χ0) is 12.3. The van der Waals surface area contributed by atoms with E-state index in [1.807, 2.05) is 32.9 Å². The highest BCUT2D eigenvalue weighted by molar-refractivity contribution is 6.31. The van der Waals surface area contributed by atoms with Gasteiger partial charge in [0.2, 0.25) is 5.91 Å². The monoisotopic (exact) mass is 240 g/mol. The van der Waals surface area contributed by atoms with Gasteiger partial charge in [0.15, 0.2) is 0 Å². The quantitative estimate of drug-likeness (QED) is 0.848. The van der Waals surface area contributed by atoms with Gasteiger partial charge in [-0.15, -0.1) is 0 Å². The van der Waals surface area contributed by atoms with Gasteiger partial charge < -0.3 is 5.73 Å². The van der Waals surface area contributed by atoms with Gasteiger partial charge in [-0.3, -0.25) is 10.1 Å². The largest absolute Gasteiger partial charge is 0.368 e. The van der Waals surface area contributed by atoms with Crippen LogP contribution in [0, 0.1) is 6.92 Å². The van der Waals surface area contributed by atoms with Crippen LogP contribution in [0.4, 0.5) is 0 Å². The molecule has 3 nitrogen and oxygen atoms in total. The summed E-state index contributed by atoms with van der Waals surface area (Å²) in [7, 11) is 0. The van der Waals surface area contributed by atoms with Crippen molar-refractivity contribution >= 4 is 17.5 Å². The van der Waals surface area contributed by atoms with E-state index >= 15 is 0 Å². The Bertz CT molecular complexity index is 391. The molecule has 0 aliphatic heterocycles. The molecule has 88 valence electrons. The standard InChI is InChI=1S/C12H17ClN2O/c1-7(2)15-11(12(14)16)9-5-4-8(3)10(13)6-9/h4-7,11,15H,1-3H3,(H2,14,16). The first kappa shape index (κ1) is 13.0. The molecule has 1 unspecified atom stereocenters. The van der Waals surface area contributed by atoms with Crippen LogP contribution in [0.3, 0.4) is 0 Å².